The minimum atomic E-state index is -0.0669. The van der Waals surface area contributed by atoms with Crippen LogP contribution in [-0.2, 0) is 0 Å². The number of amides is 1. The van der Waals surface area contributed by atoms with Crippen LogP contribution in [0.25, 0.3) is 0 Å². The van der Waals surface area contributed by atoms with E-state index in [4.69, 9.17) is 5.73 Å². The molecule has 0 bridgehead atoms. The summed E-state index contributed by atoms with van der Waals surface area (Å²) in [5.41, 5.74) is 7.48. The second kappa shape index (κ2) is 5.62. The molecule has 1 aliphatic carbocycles. The molecule has 1 saturated carbocycles. The van der Waals surface area contributed by atoms with Gasteiger partial charge in [0.2, 0.25) is 0 Å². The second-order valence-corrected chi connectivity index (χ2v) is 5.90. The molecule has 3 unspecified atom stereocenters. The number of nitrogens with zero attached hydrogens (tertiary/aromatic N) is 1. The number of phenols is 1. The van der Waals surface area contributed by atoms with Gasteiger partial charge in [-0.3, -0.25) is 4.79 Å². The zero-order valence-electron chi connectivity index (χ0n) is 11.6. The fraction of sp³-hybridized carbons (Fsp3) is 0.533. The molecular weight excluding hydrogens is 276 g/mol. The summed E-state index contributed by atoms with van der Waals surface area (Å²) in [5.74, 6) is 0.988. The van der Waals surface area contributed by atoms with E-state index in [1.807, 2.05) is 11.8 Å². The van der Waals surface area contributed by atoms with Gasteiger partial charge in [0.1, 0.15) is 5.75 Å². The number of nitrogens with two attached hydrogens (primary N) is 1. The fourth-order valence-electron chi connectivity index (χ4n) is 3.46. The molecule has 4 nitrogen and oxygen atoms in total. The number of halogens is 1. The molecular formula is C15H21ClN2O2. The van der Waals surface area contributed by atoms with Crippen LogP contribution >= 0.6 is 12.4 Å². The molecule has 20 heavy (non-hydrogen) atoms. The maximum absolute atomic E-state index is 12.5. The predicted octanol–water partition coefficient (Wildman–Crippen LogP) is 1.93. The van der Waals surface area contributed by atoms with Crippen molar-refractivity contribution in [2.75, 3.05) is 13.1 Å². The van der Waals surface area contributed by atoms with Crippen molar-refractivity contribution in [2.24, 2.45) is 17.6 Å². The quantitative estimate of drug-likeness (QED) is 0.832. The first-order valence-corrected chi connectivity index (χ1v) is 6.90. The van der Waals surface area contributed by atoms with Crippen molar-refractivity contribution < 1.29 is 9.90 Å². The number of hydrogen-bond donors (Lipinski definition) is 2. The lowest BCUT2D eigenvalue weighted by Gasteiger charge is -2.19. The first-order valence-electron chi connectivity index (χ1n) is 6.90. The molecule has 0 spiro atoms. The summed E-state index contributed by atoms with van der Waals surface area (Å²) in [4.78, 5) is 14.3. The molecule has 1 saturated heterocycles. The first-order chi connectivity index (χ1) is 9.06. The van der Waals surface area contributed by atoms with Gasteiger partial charge >= 0.3 is 0 Å². The standard InChI is InChI=1S/C15H20N2O2.ClH/c1-9-2-5-14(18)11(6-9)15(19)17-7-10-3-4-13(16)12(10)8-17;/h2,5-6,10,12-13,18H,3-4,7-8,16H2,1H3;1H. The SMILES string of the molecule is Cc1ccc(O)c(C(=O)N2CC3CCC(N)C3C2)c1.Cl. The number of phenolic OH excluding ortho intramolecular Hbond substituents is 1. The molecule has 1 aromatic rings. The highest BCUT2D eigenvalue weighted by Gasteiger charge is 2.42. The van der Waals surface area contributed by atoms with E-state index in [2.05, 4.69) is 0 Å². The third-order valence-corrected chi connectivity index (χ3v) is 4.58. The Morgan fingerprint density at radius 1 is 1.35 bits per heavy atom. The smallest absolute Gasteiger partial charge is 0.257 e. The summed E-state index contributed by atoms with van der Waals surface area (Å²) in [6.07, 6.45) is 2.20. The van der Waals surface area contributed by atoms with Crippen LogP contribution in [0, 0.1) is 18.8 Å². The van der Waals surface area contributed by atoms with Gasteiger partial charge in [-0.15, -0.1) is 12.4 Å². The van der Waals surface area contributed by atoms with Crippen molar-refractivity contribution in [3.63, 3.8) is 0 Å². The lowest BCUT2D eigenvalue weighted by atomic mass is 9.98. The summed E-state index contributed by atoms with van der Waals surface area (Å²) in [6, 6.07) is 5.38. The molecule has 2 fully saturated rings. The number of benzene rings is 1. The van der Waals surface area contributed by atoms with Crippen molar-refractivity contribution in [1.29, 1.82) is 0 Å². The number of rotatable bonds is 1. The summed E-state index contributed by atoms with van der Waals surface area (Å²) in [7, 11) is 0. The number of fused-ring (bicyclic) bond motifs is 1. The van der Waals surface area contributed by atoms with Gasteiger partial charge in [-0.2, -0.15) is 0 Å². The van der Waals surface area contributed by atoms with Crippen LogP contribution < -0.4 is 5.73 Å². The van der Waals surface area contributed by atoms with Gasteiger partial charge in [-0.05, 0) is 43.7 Å². The molecule has 0 radical (unpaired) electrons. The zero-order valence-corrected chi connectivity index (χ0v) is 12.4. The molecule has 3 N–H and O–H groups in total. The Labute approximate surface area is 125 Å². The van der Waals surface area contributed by atoms with Gasteiger partial charge in [0.15, 0.2) is 0 Å². The highest BCUT2D eigenvalue weighted by atomic mass is 35.5. The Kier molecular flexibility index (Phi) is 4.25. The molecule has 3 atom stereocenters. The van der Waals surface area contributed by atoms with E-state index in [0.29, 0.717) is 17.4 Å². The van der Waals surface area contributed by atoms with Crippen LogP contribution in [0.3, 0.4) is 0 Å². The highest BCUT2D eigenvalue weighted by molar-refractivity contribution is 5.97. The van der Waals surface area contributed by atoms with E-state index in [9.17, 15) is 9.90 Å². The molecule has 1 amide bonds. The molecule has 1 aromatic carbocycles. The number of carbonyl (C=O) groups is 1. The topological polar surface area (TPSA) is 66.6 Å². The Hall–Kier alpha value is -1.26. The van der Waals surface area contributed by atoms with E-state index < -0.39 is 0 Å². The van der Waals surface area contributed by atoms with Gasteiger partial charge in [0, 0.05) is 19.1 Å². The molecule has 5 heteroatoms. The Morgan fingerprint density at radius 2 is 2.10 bits per heavy atom. The second-order valence-electron chi connectivity index (χ2n) is 5.90. The van der Waals surface area contributed by atoms with E-state index in [1.165, 1.54) is 0 Å². The lowest BCUT2D eigenvalue weighted by molar-refractivity contribution is 0.0776. The first kappa shape index (κ1) is 15.1. The van der Waals surface area contributed by atoms with Gasteiger partial charge in [-0.1, -0.05) is 11.6 Å². The molecule has 1 aliphatic heterocycles. The highest BCUT2D eigenvalue weighted by Crippen LogP contribution is 2.38. The third kappa shape index (κ3) is 2.50. The van der Waals surface area contributed by atoms with E-state index in [-0.39, 0.29) is 30.1 Å². The summed E-state index contributed by atoms with van der Waals surface area (Å²) >= 11 is 0. The summed E-state index contributed by atoms with van der Waals surface area (Å²) in [5, 5.41) is 9.85. The van der Waals surface area contributed by atoms with Crippen molar-refractivity contribution in [3.8, 4) is 5.75 Å². The van der Waals surface area contributed by atoms with E-state index >= 15 is 0 Å². The molecule has 1 heterocycles. The van der Waals surface area contributed by atoms with Crippen LogP contribution in [0.4, 0.5) is 0 Å². The van der Waals surface area contributed by atoms with Crippen LogP contribution in [0.15, 0.2) is 18.2 Å². The van der Waals surface area contributed by atoms with Crippen molar-refractivity contribution >= 4 is 18.3 Å². The van der Waals surface area contributed by atoms with Crippen molar-refractivity contribution in [3.05, 3.63) is 29.3 Å². The van der Waals surface area contributed by atoms with Gasteiger partial charge in [0.25, 0.3) is 5.91 Å². The number of aryl methyl sites for hydroxylation is 1. The van der Waals surface area contributed by atoms with Gasteiger partial charge < -0.3 is 15.7 Å². The zero-order chi connectivity index (χ0) is 13.6. The maximum Gasteiger partial charge on any atom is 0.257 e. The summed E-state index contributed by atoms with van der Waals surface area (Å²) in [6.45, 7) is 3.44. The van der Waals surface area contributed by atoms with Crippen LogP contribution in [0.5, 0.6) is 5.75 Å². The monoisotopic (exact) mass is 296 g/mol. The molecule has 2 aliphatic rings. The van der Waals surface area contributed by atoms with Crippen molar-refractivity contribution in [2.45, 2.75) is 25.8 Å². The van der Waals surface area contributed by atoms with Crippen molar-refractivity contribution in [1.82, 2.24) is 4.90 Å². The van der Waals surface area contributed by atoms with Gasteiger partial charge in [0.05, 0.1) is 5.56 Å². The van der Waals surface area contributed by atoms with Crippen LogP contribution in [-0.4, -0.2) is 35.0 Å². The average Bonchev–Trinajstić information content (AvgIpc) is 2.94. The number of likely N-dealkylation sites (tertiary alicyclic amines) is 1. The summed E-state index contributed by atoms with van der Waals surface area (Å²) < 4.78 is 0. The normalized spacial score (nSPS) is 28.1. The number of hydrogen-bond acceptors (Lipinski definition) is 3. The molecule has 0 aromatic heterocycles. The minimum Gasteiger partial charge on any atom is -0.507 e. The number of carbonyl (C=O) groups excluding carboxylic acids is 1. The Morgan fingerprint density at radius 3 is 2.80 bits per heavy atom. The van der Waals surface area contributed by atoms with Gasteiger partial charge in [-0.25, -0.2) is 0 Å². The Bertz CT molecular complexity index is 521. The lowest BCUT2D eigenvalue weighted by Crippen LogP contribution is -2.33. The minimum absolute atomic E-state index is 0. The fourth-order valence-corrected chi connectivity index (χ4v) is 3.46. The third-order valence-electron chi connectivity index (χ3n) is 4.58. The van der Waals surface area contributed by atoms with E-state index in [0.717, 1.165) is 31.5 Å². The van der Waals surface area contributed by atoms with E-state index in [1.54, 1.807) is 18.2 Å². The average molecular weight is 297 g/mol. The number of aromatic hydroxyl groups is 1. The van der Waals surface area contributed by atoms with Crippen LogP contribution in [0.1, 0.15) is 28.8 Å². The predicted molar refractivity (Wildman–Crippen MR) is 80.2 cm³/mol. The van der Waals surface area contributed by atoms with Crippen LogP contribution in [0.2, 0.25) is 0 Å². The molecule has 3 rings (SSSR count). The maximum atomic E-state index is 12.5. The Balaban J connectivity index is 0.00000147. The largest absolute Gasteiger partial charge is 0.507 e. The molecule has 110 valence electrons.